The van der Waals surface area contributed by atoms with E-state index in [0.29, 0.717) is 11.3 Å². The number of Topliss-reactive ketones (excluding diaryl/α,β-unsaturated/α-hetero) is 1. The predicted octanol–water partition coefficient (Wildman–Crippen LogP) is 2.61. The van der Waals surface area contributed by atoms with Crippen LogP contribution in [0.4, 0.5) is 0 Å². The number of amides is 1. The van der Waals surface area contributed by atoms with Gasteiger partial charge in [-0.15, -0.1) is 0 Å². The minimum Gasteiger partial charge on any atom is -0.484 e. The molecular formula is C21H24N2O3. The number of hydrogen-bond acceptors (Lipinski definition) is 4. The molecule has 1 heterocycles. The predicted molar refractivity (Wildman–Crippen MR) is 100 cm³/mol. The van der Waals surface area contributed by atoms with E-state index in [2.05, 4.69) is 29.2 Å². The summed E-state index contributed by atoms with van der Waals surface area (Å²) >= 11 is 0. The first-order valence-electron chi connectivity index (χ1n) is 8.89. The van der Waals surface area contributed by atoms with Crippen LogP contribution in [-0.2, 0) is 11.3 Å². The minimum atomic E-state index is 0.00000514. The van der Waals surface area contributed by atoms with Crippen molar-refractivity contribution in [2.45, 2.75) is 13.5 Å². The fourth-order valence-corrected chi connectivity index (χ4v) is 3.02. The van der Waals surface area contributed by atoms with E-state index in [0.717, 1.165) is 32.7 Å². The van der Waals surface area contributed by atoms with E-state index in [1.807, 2.05) is 11.0 Å². The standard InChI is InChI=1S/C21H24N2O3/c1-17(24)19-7-9-20(10-8-19)26-16-21(25)23-13-11-22(12-14-23)15-18-5-3-2-4-6-18/h2-10H,11-16H2,1H3. The molecule has 136 valence electrons. The highest BCUT2D eigenvalue weighted by Gasteiger charge is 2.21. The van der Waals surface area contributed by atoms with Gasteiger partial charge in [-0.3, -0.25) is 14.5 Å². The zero-order chi connectivity index (χ0) is 18.4. The van der Waals surface area contributed by atoms with Crippen molar-refractivity contribution in [2.75, 3.05) is 32.8 Å². The molecule has 1 saturated heterocycles. The SMILES string of the molecule is CC(=O)c1ccc(OCC(=O)N2CCN(Cc3ccccc3)CC2)cc1. The Hall–Kier alpha value is -2.66. The molecule has 0 aliphatic carbocycles. The summed E-state index contributed by atoms with van der Waals surface area (Å²) in [5.74, 6) is 0.618. The molecule has 2 aromatic rings. The van der Waals surface area contributed by atoms with Crippen LogP contribution in [0.5, 0.6) is 5.75 Å². The fraction of sp³-hybridized carbons (Fsp3) is 0.333. The summed E-state index contributed by atoms with van der Waals surface area (Å²) in [5.41, 5.74) is 1.93. The van der Waals surface area contributed by atoms with Crippen LogP contribution in [0.2, 0.25) is 0 Å². The van der Waals surface area contributed by atoms with Crippen molar-refractivity contribution in [2.24, 2.45) is 0 Å². The van der Waals surface area contributed by atoms with Crippen LogP contribution < -0.4 is 4.74 Å². The highest BCUT2D eigenvalue weighted by molar-refractivity contribution is 5.94. The largest absolute Gasteiger partial charge is 0.484 e. The van der Waals surface area contributed by atoms with Crippen molar-refractivity contribution in [3.63, 3.8) is 0 Å². The zero-order valence-corrected chi connectivity index (χ0v) is 15.1. The van der Waals surface area contributed by atoms with Gasteiger partial charge in [-0.05, 0) is 36.8 Å². The average molecular weight is 352 g/mol. The number of ketones is 1. The van der Waals surface area contributed by atoms with Crippen molar-refractivity contribution in [1.82, 2.24) is 9.80 Å². The van der Waals surface area contributed by atoms with Crippen LogP contribution in [-0.4, -0.2) is 54.3 Å². The van der Waals surface area contributed by atoms with Crippen molar-refractivity contribution in [3.05, 3.63) is 65.7 Å². The Morgan fingerprint density at radius 3 is 2.19 bits per heavy atom. The molecular weight excluding hydrogens is 328 g/mol. The maximum absolute atomic E-state index is 12.3. The molecule has 0 atom stereocenters. The molecule has 5 nitrogen and oxygen atoms in total. The number of piperazine rings is 1. The third-order valence-electron chi connectivity index (χ3n) is 4.60. The number of carbonyl (C=O) groups excluding carboxylic acids is 2. The molecule has 1 aliphatic rings. The Balaban J connectivity index is 1.42. The summed E-state index contributed by atoms with van der Waals surface area (Å²) in [6, 6.07) is 17.3. The second-order valence-corrected chi connectivity index (χ2v) is 6.51. The number of benzene rings is 2. The molecule has 0 bridgehead atoms. The van der Waals surface area contributed by atoms with Gasteiger partial charge in [-0.1, -0.05) is 30.3 Å². The summed E-state index contributed by atoms with van der Waals surface area (Å²) in [7, 11) is 0. The van der Waals surface area contributed by atoms with Crippen LogP contribution in [0.3, 0.4) is 0 Å². The van der Waals surface area contributed by atoms with Gasteiger partial charge in [0.25, 0.3) is 5.91 Å². The fourth-order valence-electron chi connectivity index (χ4n) is 3.02. The maximum Gasteiger partial charge on any atom is 0.260 e. The van der Waals surface area contributed by atoms with E-state index in [-0.39, 0.29) is 18.3 Å². The van der Waals surface area contributed by atoms with E-state index >= 15 is 0 Å². The molecule has 1 amide bonds. The smallest absolute Gasteiger partial charge is 0.260 e. The molecule has 0 unspecified atom stereocenters. The molecule has 0 saturated carbocycles. The molecule has 2 aromatic carbocycles. The zero-order valence-electron chi connectivity index (χ0n) is 15.1. The van der Waals surface area contributed by atoms with Crippen molar-refractivity contribution >= 4 is 11.7 Å². The first kappa shape index (κ1) is 18.1. The number of rotatable bonds is 6. The van der Waals surface area contributed by atoms with Crippen molar-refractivity contribution in [3.8, 4) is 5.75 Å². The van der Waals surface area contributed by atoms with Gasteiger partial charge in [-0.25, -0.2) is 0 Å². The monoisotopic (exact) mass is 352 g/mol. The highest BCUT2D eigenvalue weighted by atomic mass is 16.5. The van der Waals surface area contributed by atoms with Crippen LogP contribution in [0.15, 0.2) is 54.6 Å². The lowest BCUT2D eigenvalue weighted by Crippen LogP contribution is -2.49. The lowest BCUT2D eigenvalue weighted by Gasteiger charge is -2.34. The van der Waals surface area contributed by atoms with Gasteiger partial charge in [0.05, 0.1) is 0 Å². The number of nitrogens with zero attached hydrogens (tertiary/aromatic N) is 2. The number of carbonyl (C=O) groups is 2. The molecule has 3 rings (SSSR count). The lowest BCUT2D eigenvalue weighted by molar-refractivity contribution is -0.135. The molecule has 1 fully saturated rings. The van der Waals surface area contributed by atoms with Crippen LogP contribution in [0.1, 0.15) is 22.8 Å². The summed E-state index contributed by atoms with van der Waals surface area (Å²) in [5, 5.41) is 0. The second kappa shape index (κ2) is 8.63. The lowest BCUT2D eigenvalue weighted by atomic mass is 10.1. The Morgan fingerprint density at radius 1 is 0.923 bits per heavy atom. The average Bonchev–Trinajstić information content (AvgIpc) is 2.68. The number of hydrogen-bond donors (Lipinski definition) is 0. The molecule has 5 heteroatoms. The molecule has 26 heavy (non-hydrogen) atoms. The van der Waals surface area contributed by atoms with E-state index in [1.165, 1.54) is 12.5 Å². The molecule has 0 spiro atoms. The van der Waals surface area contributed by atoms with Crippen LogP contribution >= 0.6 is 0 Å². The van der Waals surface area contributed by atoms with Crippen LogP contribution in [0, 0.1) is 0 Å². The summed E-state index contributed by atoms with van der Waals surface area (Å²) in [6.07, 6.45) is 0. The van der Waals surface area contributed by atoms with Gasteiger partial charge in [-0.2, -0.15) is 0 Å². The second-order valence-electron chi connectivity index (χ2n) is 6.51. The van der Waals surface area contributed by atoms with E-state index in [4.69, 9.17) is 4.74 Å². The Kier molecular flexibility index (Phi) is 6.02. The summed E-state index contributed by atoms with van der Waals surface area (Å²) in [4.78, 5) is 27.8. The first-order chi connectivity index (χ1) is 12.6. The van der Waals surface area contributed by atoms with Gasteiger partial charge in [0, 0.05) is 38.3 Å². The van der Waals surface area contributed by atoms with Gasteiger partial charge in [0.2, 0.25) is 0 Å². The normalized spacial score (nSPS) is 14.9. The Bertz CT molecular complexity index is 736. The Labute approximate surface area is 154 Å². The number of ether oxygens (including phenoxy) is 1. The molecule has 0 aromatic heterocycles. The van der Waals surface area contributed by atoms with Crippen molar-refractivity contribution < 1.29 is 14.3 Å². The third kappa shape index (κ3) is 4.92. The minimum absolute atomic E-state index is 0.00000514. The van der Waals surface area contributed by atoms with E-state index in [9.17, 15) is 9.59 Å². The van der Waals surface area contributed by atoms with Gasteiger partial charge in [0.1, 0.15) is 5.75 Å². The topological polar surface area (TPSA) is 49.9 Å². The highest BCUT2D eigenvalue weighted by Crippen LogP contribution is 2.13. The quantitative estimate of drug-likeness (QED) is 0.750. The first-order valence-corrected chi connectivity index (χ1v) is 8.89. The molecule has 1 aliphatic heterocycles. The molecule has 0 N–H and O–H groups in total. The summed E-state index contributed by atoms with van der Waals surface area (Å²) < 4.78 is 5.56. The third-order valence-corrected chi connectivity index (χ3v) is 4.60. The van der Waals surface area contributed by atoms with Crippen molar-refractivity contribution in [1.29, 1.82) is 0 Å². The Morgan fingerprint density at radius 2 is 1.58 bits per heavy atom. The van der Waals surface area contributed by atoms with Gasteiger partial charge >= 0.3 is 0 Å². The molecule has 0 radical (unpaired) electrons. The van der Waals surface area contributed by atoms with E-state index < -0.39 is 0 Å². The summed E-state index contributed by atoms with van der Waals surface area (Å²) in [6.45, 7) is 5.65. The van der Waals surface area contributed by atoms with E-state index in [1.54, 1.807) is 24.3 Å². The van der Waals surface area contributed by atoms with Gasteiger partial charge in [0.15, 0.2) is 12.4 Å². The van der Waals surface area contributed by atoms with Gasteiger partial charge < -0.3 is 9.64 Å². The maximum atomic E-state index is 12.3. The van der Waals surface area contributed by atoms with Crippen LogP contribution in [0.25, 0.3) is 0 Å².